The Balaban J connectivity index is 2.38. The molecule has 1 N–H and O–H groups in total. The monoisotopic (exact) mass is 409 g/mol. The van der Waals surface area contributed by atoms with Crippen molar-refractivity contribution in [2.75, 3.05) is 6.54 Å². The lowest BCUT2D eigenvalue weighted by atomic mass is 10.2. The van der Waals surface area contributed by atoms with Gasteiger partial charge in [0.1, 0.15) is 11.2 Å². The van der Waals surface area contributed by atoms with E-state index in [4.69, 9.17) is 11.2 Å². The van der Waals surface area contributed by atoms with Crippen molar-refractivity contribution in [2.24, 2.45) is 7.05 Å². The van der Waals surface area contributed by atoms with Crippen molar-refractivity contribution in [3.05, 3.63) is 57.9 Å². The van der Waals surface area contributed by atoms with Crippen LogP contribution in [0, 0.1) is 18.2 Å². The molecule has 30 heavy (non-hydrogen) atoms. The number of hydrogen-bond donors (Lipinski definition) is 1. The van der Waals surface area contributed by atoms with Crippen molar-refractivity contribution in [1.82, 2.24) is 14.5 Å². The van der Waals surface area contributed by atoms with Crippen LogP contribution in [0.3, 0.4) is 0 Å². The first-order chi connectivity index (χ1) is 14.3. The van der Waals surface area contributed by atoms with Crippen molar-refractivity contribution >= 4 is 16.8 Å². The van der Waals surface area contributed by atoms with Gasteiger partial charge in [0.15, 0.2) is 11.4 Å². The lowest BCUT2D eigenvalue weighted by Gasteiger charge is -2.14. The van der Waals surface area contributed by atoms with E-state index in [0.717, 1.165) is 5.69 Å². The van der Waals surface area contributed by atoms with E-state index in [9.17, 15) is 14.0 Å². The van der Waals surface area contributed by atoms with Gasteiger partial charge in [0, 0.05) is 18.4 Å². The number of halogens is 1. The second-order valence-electron chi connectivity index (χ2n) is 7.16. The number of nitrogens with zero attached hydrogens (tertiary/aromatic N) is 2. The predicted molar refractivity (Wildman–Crippen MR) is 115 cm³/mol. The van der Waals surface area contributed by atoms with E-state index < -0.39 is 5.91 Å². The Labute approximate surface area is 174 Å². The van der Waals surface area contributed by atoms with E-state index in [1.54, 1.807) is 23.7 Å². The number of nitrogens with one attached hydrogen (secondary N) is 1. The highest BCUT2D eigenvalue weighted by Crippen LogP contribution is 2.32. The number of carbonyl (C=O) groups excluding carboxylic acids is 1. The van der Waals surface area contributed by atoms with E-state index in [0.29, 0.717) is 23.0 Å². The van der Waals surface area contributed by atoms with Gasteiger partial charge in [-0.1, -0.05) is 12.8 Å². The number of aryl methyl sites for hydroxylation is 2. The predicted octanol–water partition coefficient (Wildman–Crippen LogP) is 3.18. The summed E-state index contributed by atoms with van der Waals surface area (Å²) in [6.45, 7) is 5.62. The quantitative estimate of drug-likeness (QED) is 0.636. The number of terminal acetylenes is 1. The third-order valence-corrected chi connectivity index (χ3v) is 4.77. The highest BCUT2D eigenvalue weighted by atomic mass is 19.1. The van der Waals surface area contributed by atoms with Crippen LogP contribution in [-0.4, -0.2) is 27.7 Å². The minimum absolute atomic E-state index is 0.0570. The summed E-state index contributed by atoms with van der Waals surface area (Å²) in [6.07, 6.45) is 5.56. The van der Waals surface area contributed by atoms with Crippen LogP contribution in [-0.2, 0) is 13.5 Å². The van der Waals surface area contributed by atoms with Crippen LogP contribution in [0.5, 0.6) is 5.75 Å². The Kier molecular flexibility index (Phi) is 5.97. The first-order valence-electron chi connectivity index (χ1n) is 9.71. The largest absolute Gasteiger partial charge is 0.488 e. The molecule has 1 aromatic carbocycles. The SMILES string of the molecule is C#CCNC(=O)c1c(OC(C)C)c2c(=O)n(-c3ccc(F)cc3)c(CC)cc2n1C. The van der Waals surface area contributed by atoms with E-state index in [-0.39, 0.29) is 35.5 Å². The molecule has 1 amide bonds. The fraction of sp³-hybridized carbons (Fsp3) is 0.304. The average Bonchev–Trinajstić information content (AvgIpc) is 2.98. The van der Waals surface area contributed by atoms with Crippen LogP contribution in [0.1, 0.15) is 37.0 Å². The summed E-state index contributed by atoms with van der Waals surface area (Å²) < 4.78 is 22.5. The van der Waals surface area contributed by atoms with E-state index in [1.807, 2.05) is 26.8 Å². The summed E-state index contributed by atoms with van der Waals surface area (Å²) in [5.74, 6) is 1.77. The molecular formula is C23H24FN3O3. The number of rotatable bonds is 6. The summed E-state index contributed by atoms with van der Waals surface area (Å²) >= 11 is 0. The minimum Gasteiger partial charge on any atom is -0.488 e. The molecule has 3 aromatic rings. The Morgan fingerprint density at radius 2 is 1.97 bits per heavy atom. The van der Waals surface area contributed by atoms with Gasteiger partial charge in [0.05, 0.1) is 18.2 Å². The molecule has 0 bridgehead atoms. The van der Waals surface area contributed by atoms with Crippen LogP contribution in [0.4, 0.5) is 4.39 Å². The van der Waals surface area contributed by atoms with Gasteiger partial charge in [-0.2, -0.15) is 0 Å². The Morgan fingerprint density at radius 1 is 1.30 bits per heavy atom. The molecule has 0 fully saturated rings. The molecule has 0 saturated carbocycles. The lowest BCUT2D eigenvalue weighted by molar-refractivity contribution is 0.0945. The van der Waals surface area contributed by atoms with E-state index in [1.165, 1.54) is 16.7 Å². The first-order valence-corrected chi connectivity index (χ1v) is 9.71. The van der Waals surface area contributed by atoms with Gasteiger partial charge in [-0.3, -0.25) is 14.2 Å². The number of carbonyl (C=O) groups is 1. The summed E-state index contributed by atoms with van der Waals surface area (Å²) in [5, 5.41) is 2.93. The normalized spacial score (nSPS) is 11.0. The standard InChI is InChI=1S/C23H24FN3O3/c1-6-12-25-22(28)20-21(30-14(3)4)19-18(26(20)5)13-16(7-2)27(23(19)29)17-10-8-15(24)9-11-17/h1,8-11,13-14H,7,12H2,2-5H3,(H,25,28). The zero-order chi connectivity index (χ0) is 22.0. The molecule has 0 aliphatic rings. The number of ether oxygens (including phenoxy) is 1. The average molecular weight is 409 g/mol. The lowest BCUT2D eigenvalue weighted by Crippen LogP contribution is -2.26. The Hall–Kier alpha value is -3.53. The third kappa shape index (κ3) is 3.69. The minimum atomic E-state index is -0.423. The molecule has 0 aliphatic carbocycles. The molecule has 6 nitrogen and oxygen atoms in total. The number of benzene rings is 1. The molecule has 7 heteroatoms. The highest BCUT2D eigenvalue weighted by Gasteiger charge is 2.27. The highest BCUT2D eigenvalue weighted by molar-refractivity contribution is 6.04. The molecule has 0 radical (unpaired) electrons. The number of pyridine rings is 1. The topological polar surface area (TPSA) is 65.3 Å². The Bertz CT molecular complexity index is 1200. The summed E-state index contributed by atoms with van der Waals surface area (Å²) in [4.78, 5) is 26.4. The van der Waals surface area contributed by atoms with Crippen molar-refractivity contribution in [1.29, 1.82) is 0 Å². The second-order valence-corrected chi connectivity index (χ2v) is 7.16. The van der Waals surface area contributed by atoms with Gasteiger partial charge < -0.3 is 14.6 Å². The zero-order valence-electron chi connectivity index (χ0n) is 17.5. The molecule has 0 unspecified atom stereocenters. The van der Waals surface area contributed by atoms with Crippen molar-refractivity contribution in [2.45, 2.75) is 33.3 Å². The molecule has 0 atom stereocenters. The molecular weight excluding hydrogens is 385 g/mol. The molecule has 2 aromatic heterocycles. The molecule has 0 aliphatic heterocycles. The first kappa shape index (κ1) is 21.2. The molecule has 2 heterocycles. The fourth-order valence-corrected chi connectivity index (χ4v) is 3.47. The van der Waals surface area contributed by atoms with Crippen LogP contribution in [0.15, 0.2) is 35.1 Å². The zero-order valence-corrected chi connectivity index (χ0v) is 17.5. The summed E-state index contributed by atoms with van der Waals surface area (Å²) in [7, 11) is 1.71. The molecule has 3 rings (SSSR count). The van der Waals surface area contributed by atoms with Gasteiger partial charge >= 0.3 is 0 Å². The van der Waals surface area contributed by atoms with Crippen LogP contribution < -0.4 is 15.6 Å². The smallest absolute Gasteiger partial charge is 0.272 e. The fourth-order valence-electron chi connectivity index (χ4n) is 3.47. The second kappa shape index (κ2) is 8.46. The number of hydrogen-bond acceptors (Lipinski definition) is 3. The summed E-state index contributed by atoms with van der Waals surface area (Å²) in [6, 6.07) is 7.56. The number of aromatic nitrogens is 2. The Morgan fingerprint density at radius 3 is 2.53 bits per heavy atom. The maximum atomic E-state index is 13.6. The van der Waals surface area contributed by atoms with Gasteiger partial charge in [-0.15, -0.1) is 6.42 Å². The van der Waals surface area contributed by atoms with Gasteiger partial charge in [0.25, 0.3) is 11.5 Å². The summed E-state index contributed by atoms with van der Waals surface area (Å²) in [5.41, 5.74) is 1.74. The third-order valence-electron chi connectivity index (χ3n) is 4.77. The molecule has 0 spiro atoms. The van der Waals surface area contributed by atoms with Crippen molar-refractivity contribution in [3.63, 3.8) is 0 Å². The van der Waals surface area contributed by atoms with Crippen LogP contribution >= 0.6 is 0 Å². The van der Waals surface area contributed by atoms with Crippen LogP contribution in [0.25, 0.3) is 16.6 Å². The van der Waals surface area contributed by atoms with Gasteiger partial charge in [0.2, 0.25) is 0 Å². The molecule has 156 valence electrons. The van der Waals surface area contributed by atoms with Crippen LogP contribution in [0.2, 0.25) is 0 Å². The van der Waals surface area contributed by atoms with E-state index in [2.05, 4.69) is 11.2 Å². The number of amides is 1. The van der Waals surface area contributed by atoms with Crippen molar-refractivity contribution < 1.29 is 13.9 Å². The van der Waals surface area contributed by atoms with E-state index >= 15 is 0 Å². The molecule has 0 saturated heterocycles. The van der Waals surface area contributed by atoms with Crippen molar-refractivity contribution in [3.8, 4) is 23.8 Å². The van der Waals surface area contributed by atoms with Gasteiger partial charge in [-0.25, -0.2) is 4.39 Å². The van der Waals surface area contributed by atoms with Gasteiger partial charge in [-0.05, 0) is 50.6 Å². The maximum Gasteiger partial charge on any atom is 0.272 e. The number of fused-ring (bicyclic) bond motifs is 1. The maximum absolute atomic E-state index is 13.6.